The molecule has 2 nitrogen and oxygen atoms in total. The van der Waals surface area contributed by atoms with Gasteiger partial charge >= 0.3 is 18.9 Å². The topological polar surface area (TPSA) is 47.6 Å². The summed E-state index contributed by atoms with van der Waals surface area (Å²) in [5, 5.41) is 17.3. The maximum absolute atomic E-state index is 7.18. The minimum atomic E-state index is 0. The Bertz CT molecular complexity index is 73.0. The maximum atomic E-state index is 7.18. The van der Waals surface area contributed by atoms with E-state index in [0.717, 1.165) is 0 Å². The first-order chi connectivity index (χ1) is 2.83. The van der Waals surface area contributed by atoms with E-state index in [9.17, 15) is 0 Å². The number of hydrogen-bond acceptors (Lipinski definition) is 4. The van der Waals surface area contributed by atoms with Crippen molar-refractivity contribution in [3.63, 3.8) is 0 Å². The fourth-order valence-corrected chi connectivity index (χ4v) is 0. The second kappa shape index (κ2) is 33.7. The summed E-state index contributed by atoms with van der Waals surface area (Å²) in [5.41, 5.74) is 0. The molecule has 0 rings (SSSR count). The van der Waals surface area contributed by atoms with Gasteiger partial charge in [0.2, 0.25) is 0 Å². The van der Waals surface area contributed by atoms with Gasteiger partial charge in [0.05, 0.1) is 0 Å². The van der Waals surface area contributed by atoms with Crippen LogP contribution in [-0.2, 0) is 0 Å². The van der Waals surface area contributed by atoms with Gasteiger partial charge in [-0.25, -0.2) is 0 Å². The van der Waals surface area contributed by atoms with E-state index in [1.807, 2.05) is 0 Å². The molecule has 0 aromatic carbocycles. The Balaban J connectivity index is -0.0000000160. The first-order valence-corrected chi connectivity index (χ1v) is 1.79. The number of thiocyanates is 2. The smallest absolute Gasteiger partial charge is 1.00 e. The molecular weight excluding hydrogens is 123 g/mol. The van der Waals surface area contributed by atoms with E-state index in [2.05, 4.69) is 25.3 Å². The molecule has 7 heavy (non-hydrogen) atoms. The molecule has 0 aromatic rings. The van der Waals surface area contributed by atoms with Gasteiger partial charge in [-0.15, -0.1) is 0 Å². The Morgan fingerprint density at radius 2 is 1.14 bits per heavy atom. The minimum absolute atomic E-state index is 0. The number of rotatable bonds is 0. The summed E-state index contributed by atoms with van der Waals surface area (Å²) in [4.78, 5) is 0. The van der Waals surface area contributed by atoms with Crippen molar-refractivity contribution in [3.8, 4) is 10.8 Å². The van der Waals surface area contributed by atoms with Gasteiger partial charge in [0.1, 0.15) is 10.8 Å². The van der Waals surface area contributed by atoms with Gasteiger partial charge < -0.3 is 1.43 Å². The third-order valence-electron chi connectivity index (χ3n) is 0. The molecule has 0 N–H and O–H groups in total. The molecule has 0 amide bonds. The Morgan fingerprint density at radius 3 is 1.14 bits per heavy atom. The average Bonchev–Trinajstić information content (AvgIpc) is 1.39. The monoisotopic (exact) mass is 126 g/mol. The molecule has 0 heterocycles. The Hall–Kier alpha value is 0.277. The molecule has 0 saturated carbocycles. The standard InChI is InChI=1S/2CHNS.Li.H/c2*2-1-3;;/h2*3H;;/q;;+1;-1. The van der Waals surface area contributed by atoms with Crippen LogP contribution < -0.4 is 18.9 Å². The molecule has 0 saturated heterocycles. The summed E-state index contributed by atoms with van der Waals surface area (Å²) in [6.45, 7) is 0. The average molecular weight is 126 g/mol. The number of thiol groups is 2. The van der Waals surface area contributed by atoms with Crippen LogP contribution in [0.2, 0.25) is 0 Å². The van der Waals surface area contributed by atoms with E-state index in [0.29, 0.717) is 0 Å². The molecule has 0 fully saturated rings. The zero-order chi connectivity index (χ0) is 5.41. The third-order valence-corrected chi connectivity index (χ3v) is 0. The van der Waals surface area contributed by atoms with Crippen molar-refractivity contribution in [1.29, 1.82) is 10.5 Å². The molecule has 0 radical (unpaired) electrons. The van der Waals surface area contributed by atoms with Crippen molar-refractivity contribution in [2.24, 2.45) is 0 Å². The summed E-state index contributed by atoms with van der Waals surface area (Å²) in [5.74, 6) is 0. The molecule has 5 heteroatoms. The normalized spacial score (nSPS) is 2.29. The first kappa shape index (κ1) is 15.7. The predicted octanol–water partition coefficient (Wildman–Crippen LogP) is -2.09. The number of hydrogen-bond donors (Lipinski definition) is 2. The summed E-state index contributed by atoms with van der Waals surface area (Å²) >= 11 is 6.19. The Labute approximate surface area is 67.0 Å². The van der Waals surface area contributed by atoms with Crippen LogP contribution in [0.3, 0.4) is 0 Å². The van der Waals surface area contributed by atoms with Crippen molar-refractivity contribution < 1.29 is 20.3 Å². The second-order valence-corrected chi connectivity index (χ2v) is 0.600. The molecule has 0 bridgehead atoms. The van der Waals surface area contributed by atoms with Gasteiger partial charge in [0, 0.05) is 0 Å². The van der Waals surface area contributed by atoms with Gasteiger partial charge in [0.25, 0.3) is 0 Å². The molecule has 0 atom stereocenters. The van der Waals surface area contributed by atoms with Crippen LogP contribution in [0.25, 0.3) is 0 Å². The Kier molecular flexibility index (Phi) is 75.5. The van der Waals surface area contributed by atoms with Crippen LogP contribution in [0.1, 0.15) is 1.43 Å². The quantitative estimate of drug-likeness (QED) is 0.222. The molecule has 0 spiro atoms. The van der Waals surface area contributed by atoms with Crippen LogP contribution >= 0.6 is 25.3 Å². The van der Waals surface area contributed by atoms with Crippen LogP contribution in [0, 0.1) is 21.3 Å². The number of nitriles is 2. The van der Waals surface area contributed by atoms with Crippen molar-refractivity contribution >= 4 is 25.3 Å². The fraction of sp³-hybridized carbons (Fsp3) is 0. The van der Waals surface area contributed by atoms with Crippen molar-refractivity contribution in [2.75, 3.05) is 0 Å². The van der Waals surface area contributed by atoms with E-state index >= 15 is 0 Å². The van der Waals surface area contributed by atoms with E-state index in [1.54, 1.807) is 0 Å². The van der Waals surface area contributed by atoms with Gasteiger partial charge in [-0.3, -0.25) is 0 Å². The Morgan fingerprint density at radius 1 is 1.14 bits per heavy atom. The van der Waals surface area contributed by atoms with Gasteiger partial charge in [-0.05, 0) is 0 Å². The van der Waals surface area contributed by atoms with Crippen LogP contribution in [0.15, 0.2) is 0 Å². The number of nitrogens with zero attached hydrogens (tertiary/aromatic N) is 2. The van der Waals surface area contributed by atoms with E-state index in [4.69, 9.17) is 10.5 Å². The molecule has 0 aliphatic carbocycles. The maximum Gasteiger partial charge on any atom is 1.00 e. The SMILES string of the molecule is N#CS.N#CS.[H-].[Li+]. The third kappa shape index (κ3) is 1490. The molecule has 34 valence electrons. The van der Waals surface area contributed by atoms with Crippen molar-refractivity contribution in [1.82, 2.24) is 0 Å². The van der Waals surface area contributed by atoms with Gasteiger partial charge in [-0.1, -0.05) is 25.3 Å². The predicted molar refractivity (Wildman–Crippen MR) is 30.3 cm³/mol. The summed E-state index contributed by atoms with van der Waals surface area (Å²) in [6.07, 6.45) is 0. The van der Waals surface area contributed by atoms with Crippen LogP contribution in [-0.4, -0.2) is 0 Å². The zero-order valence-electron chi connectivity index (χ0n) is 4.79. The first-order valence-electron chi connectivity index (χ1n) is 0.894. The van der Waals surface area contributed by atoms with Crippen molar-refractivity contribution in [2.45, 2.75) is 0 Å². The molecule has 0 aromatic heterocycles. The second-order valence-electron chi connectivity index (χ2n) is 0.200. The van der Waals surface area contributed by atoms with Crippen molar-refractivity contribution in [3.05, 3.63) is 0 Å². The largest absolute Gasteiger partial charge is 1.00 e. The molecule has 0 aliphatic heterocycles. The molecular formula is C2H3LiN2S2. The molecule has 0 unspecified atom stereocenters. The molecule has 0 aliphatic rings. The van der Waals surface area contributed by atoms with E-state index in [1.165, 1.54) is 10.8 Å². The van der Waals surface area contributed by atoms with Gasteiger partial charge in [-0.2, -0.15) is 10.5 Å². The zero-order valence-corrected chi connectivity index (χ0v) is 5.58. The summed E-state index contributed by atoms with van der Waals surface area (Å²) in [7, 11) is 0. The summed E-state index contributed by atoms with van der Waals surface area (Å²) in [6, 6.07) is 0. The fourth-order valence-electron chi connectivity index (χ4n) is 0. The van der Waals surface area contributed by atoms with Gasteiger partial charge in [0.15, 0.2) is 0 Å². The minimum Gasteiger partial charge on any atom is -1.00 e. The van der Waals surface area contributed by atoms with Crippen LogP contribution in [0.5, 0.6) is 0 Å². The van der Waals surface area contributed by atoms with E-state index < -0.39 is 0 Å². The summed E-state index contributed by atoms with van der Waals surface area (Å²) < 4.78 is 0. The van der Waals surface area contributed by atoms with Crippen LogP contribution in [0.4, 0.5) is 0 Å². The van der Waals surface area contributed by atoms with E-state index in [-0.39, 0.29) is 20.3 Å².